The van der Waals surface area contributed by atoms with Gasteiger partial charge in [-0.2, -0.15) is 4.31 Å². The van der Waals surface area contributed by atoms with Crippen molar-refractivity contribution in [3.63, 3.8) is 0 Å². The molecule has 1 aliphatic heterocycles. The number of amides is 1. The summed E-state index contributed by atoms with van der Waals surface area (Å²) >= 11 is 0. The van der Waals surface area contributed by atoms with Crippen LogP contribution in [-0.2, 0) is 14.8 Å². The van der Waals surface area contributed by atoms with Crippen LogP contribution in [0.15, 0.2) is 47.4 Å². The van der Waals surface area contributed by atoms with E-state index in [9.17, 15) is 28.4 Å². The van der Waals surface area contributed by atoms with Crippen molar-refractivity contribution in [2.45, 2.75) is 24.2 Å². The molecular weight excluding hydrogens is 414 g/mol. The van der Waals surface area contributed by atoms with E-state index in [1.165, 1.54) is 46.8 Å². The SMILES string of the molecule is O=C(COc1ccccc1[N+](=O)[O-])Nc1cc(S(=O)(=O)N2CCCCC2)ccc1O. The molecule has 0 bridgehead atoms. The first-order chi connectivity index (χ1) is 14.3. The molecule has 0 aromatic heterocycles. The zero-order chi connectivity index (χ0) is 21.7. The molecule has 0 spiro atoms. The molecule has 0 saturated carbocycles. The van der Waals surface area contributed by atoms with Gasteiger partial charge in [0.1, 0.15) is 5.75 Å². The number of nitrogens with zero attached hydrogens (tertiary/aromatic N) is 2. The van der Waals surface area contributed by atoms with E-state index >= 15 is 0 Å². The van der Waals surface area contributed by atoms with Gasteiger partial charge in [-0.3, -0.25) is 14.9 Å². The van der Waals surface area contributed by atoms with Crippen molar-refractivity contribution in [2.24, 2.45) is 0 Å². The zero-order valence-corrected chi connectivity index (χ0v) is 16.8. The fraction of sp³-hybridized carbons (Fsp3) is 0.316. The summed E-state index contributed by atoms with van der Waals surface area (Å²) in [4.78, 5) is 22.5. The van der Waals surface area contributed by atoms with Crippen LogP contribution in [-0.4, -0.2) is 48.4 Å². The van der Waals surface area contributed by atoms with E-state index < -0.39 is 27.5 Å². The number of ether oxygens (including phenoxy) is 1. The van der Waals surface area contributed by atoms with Crippen LogP contribution in [0.4, 0.5) is 11.4 Å². The first kappa shape index (κ1) is 21.5. The van der Waals surface area contributed by atoms with Crippen LogP contribution < -0.4 is 10.1 Å². The van der Waals surface area contributed by atoms with Crippen molar-refractivity contribution < 1.29 is 28.0 Å². The van der Waals surface area contributed by atoms with Gasteiger partial charge in [0.15, 0.2) is 12.4 Å². The van der Waals surface area contributed by atoms with Gasteiger partial charge >= 0.3 is 5.69 Å². The van der Waals surface area contributed by atoms with Crippen LogP contribution in [0.3, 0.4) is 0 Å². The predicted octanol–water partition coefficient (Wildman–Crippen LogP) is 2.49. The van der Waals surface area contributed by atoms with Gasteiger partial charge in [0.05, 0.1) is 15.5 Å². The van der Waals surface area contributed by atoms with Crippen LogP contribution in [0.1, 0.15) is 19.3 Å². The predicted molar refractivity (Wildman–Crippen MR) is 108 cm³/mol. The van der Waals surface area contributed by atoms with Gasteiger partial charge in [0.25, 0.3) is 5.91 Å². The Bertz CT molecular complexity index is 1050. The Balaban J connectivity index is 1.71. The minimum Gasteiger partial charge on any atom is -0.506 e. The maximum absolute atomic E-state index is 12.8. The van der Waals surface area contributed by atoms with Gasteiger partial charge in [-0.05, 0) is 37.1 Å². The Morgan fingerprint density at radius 1 is 1.17 bits per heavy atom. The number of para-hydroxylation sites is 2. The van der Waals surface area contributed by atoms with Crippen LogP contribution in [0.5, 0.6) is 11.5 Å². The number of sulfonamides is 1. The third kappa shape index (κ3) is 4.86. The number of phenols is 1. The quantitative estimate of drug-likeness (QED) is 0.387. The zero-order valence-electron chi connectivity index (χ0n) is 16.0. The highest BCUT2D eigenvalue weighted by molar-refractivity contribution is 7.89. The summed E-state index contributed by atoms with van der Waals surface area (Å²) in [7, 11) is -3.74. The standard InChI is InChI=1S/C19H21N3O7S/c23-17-9-8-14(30(27,28)21-10-4-1-5-11-21)12-15(17)20-19(24)13-29-18-7-3-2-6-16(18)22(25)26/h2-3,6-9,12,23H,1,4-5,10-11,13H2,(H,20,24). The molecule has 1 amide bonds. The highest BCUT2D eigenvalue weighted by atomic mass is 32.2. The molecule has 2 aromatic rings. The number of rotatable bonds is 7. The molecule has 0 atom stereocenters. The molecule has 1 heterocycles. The van der Waals surface area contributed by atoms with Crippen LogP contribution in [0, 0.1) is 10.1 Å². The largest absolute Gasteiger partial charge is 0.506 e. The summed E-state index contributed by atoms with van der Waals surface area (Å²) in [6.07, 6.45) is 2.54. The van der Waals surface area contributed by atoms with Gasteiger partial charge in [-0.15, -0.1) is 0 Å². The molecule has 1 fully saturated rings. The van der Waals surface area contributed by atoms with E-state index in [4.69, 9.17) is 4.74 Å². The number of aromatic hydroxyl groups is 1. The third-order valence-electron chi connectivity index (χ3n) is 4.62. The van der Waals surface area contributed by atoms with Gasteiger partial charge in [-0.25, -0.2) is 8.42 Å². The summed E-state index contributed by atoms with van der Waals surface area (Å²) in [6.45, 7) is 0.288. The molecule has 2 N–H and O–H groups in total. The number of phenolic OH excluding ortho intramolecular Hbond substituents is 1. The van der Waals surface area contributed by atoms with Crippen LogP contribution in [0.2, 0.25) is 0 Å². The Labute approximate surface area is 173 Å². The molecule has 10 nitrogen and oxygen atoms in total. The van der Waals surface area contributed by atoms with E-state index in [1.54, 1.807) is 0 Å². The first-order valence-electron chi connectivity index (χ1n) is 9.28. The smallest absolute Gasteiger partial charge is 0.310 e. The number of hydrogen-bond acceptors (Lipinski definition) is 7. The molecular formula is C19H21N3O7S. The third-order valence-corrected chi connectivity index (χ3v) is 6.51. The number of nitro groups is 1. The maximum Gasteiger partial charge on any atom is 0.310 e. The highest BCUT2D eigenvalue weighted by Crippen LogP contribution is 2.29. The minimum absolute atomic E-state index is 0.0443. The number of carbonyl (C=O) groups excluding carboxylic acids is 1. The lowest BCUT2D eigenvalue weighted by Crippen LogP contribution is -2.35. The molecule has 1 saturated heterocycles. The van der Waals surface area contributed by atoms with Crippen molar-refractivity contribution in [2.75, 3.05) is 25.0 Å². The second kappa shape index (κ2) is 9.09. The summed E-state index contributed by atoms with van der Waals surface area (Å²) in [5.41, 5.74) is -0.382. The number of nitro benzene ring substituents is 1. The Morgan fingerprint density at radius 3 is 2.57 bits per heavy atom. The molecule has 30 heavy (non-hydrogen) atoms. The second-order valence-corrected chi connectivity index (χ2v) is 8.64. The number of nitrogens with one attached hydrogen (secondary N) is 1. The minimum atomic E-state index is -3.74. The van der Waals surface area contributed by atoms with Crippen molar-refractivity contribution >= 4 is 27.3 Å². The highest BCUT2D eigenvalue weighted by Gasteiger charge is 2.27. The topological polar surface area (TPSA) is 139 Å². The van der Waals surface area contributed by atoms with Crippen molar-refractivity contribution in [1.82, 2.24) is 4.31 Å². The monoisotopic (exact) mass is 435 g/mol. The lowest BCUT2D eigenvalue weighted by Gasteiger charge is -2.26. The normalized spacial score (nSPS) is 14.8. The number of piperidine rings is 1. The summed E-state index contributed by atoms with van der Waals surface area (Å²) in [6, 6.07) is 9.25. The Morgan fingerprint density at radius 2 is 1.87 bits per heavy atom. The molecule has 11 heteroatoms. The number of benzene rings is 2. The van der Waals surface area contributed by atoms with Gasteiger partial charge in [-0.1, -0.05) is 18.6 Å². The van der Waals surface area contributed by atoms with Crippen LogP contribution in [0.25, 0.3) is 0 Å². The molecule has 0 aliphatic carbocycles. The lowest BCUT2D eigenvalue weighted by molar-refractivity contribution is -0.385. The first-order valence-corrected chi connectivity index (χ1v) is 10.7. The summed E-state index contributed by atoms with van der Waals surface area (Å²) in [5.74, 6) is -1.11. The molecule has 0 unspecified atom stereocenters. The van der Waals surface area contributed by atoms with Gasteiger partial charge in [0, 0.05) is 19.2 Å². The van der Waals surface area contributed by atoms with Crippen molar-refractivity contribution in [3.8, 4) is 11.5 Å². The summed E-state index contributed by atoms with van der Waals surface area (Å²) < 4.78 is 32.2. The Kier molecular flexibility index (Phi) is 6.53. The Hall–Kier alpha value is -3.18. The molecule has 0 radical (unpaired) electrons. The number of carbonyl (C=O) groups is 1. The van der Waals surface area contributed by atoms with E-state index in [1.807, 2.05) is 0 Å². The molecule has 1 aliphatic rings. The second-order valence-electron chi connectivity index (χ2n) is 6.71. The van der Waals surface area contributed by atoms with E-state index in [2.05, 4.69) is 5.32 Å². The van der Waals surface area contributed by atoms with E-state index in [0.29, 0.717) is 13.1 Å². The van der Waals surface area contributed by atoms with E-state index in [0.717, 1.165) is 19.3 Å². The van der Waals surface area contributed by atoms with E-state index in [-0.39, 0.29) is 27.8 Å². The molecule has 2 aromatic carbocycles. The number of hydrogen-bond donors (Lipinski definition) is 2. The average molecular weight is 435 g/mol. The maximum atomic E-state index is 12.8. The van der Waals surface area contributed by atoms with Gasteiger partial charge in [0.2, 0.25) is 10.0 Å². The summed E-state index contributed by atoms with van der Waals surface area (Å²) in [5, 5.41) is 23.4. The fourth-order valence-corrected chi connectivity index (χ4v) is 4.63. The molecule has 3 rings (SSSR count). The number of anilines is 1. The lowest BCUT2D eigenvalue weighted by atomic mass is 10.2. The van der Waals surface area contributed by atoms with Crippen molar-refractivity contribution in [3.05, 3.63) is 52.6 Å². The van der Waals surface area contributed by atoms with Crippen LogP contribution >= 0.6 is 0 Å². The average Bonchev–Trinajstić information content (AvgIpc) is 2.74. The van der Waals surface area contributed by atoms with Crippen molar-refractivity contribution in [1.29, 1.82) is 0 Å². The van der Waals surface area contributed by atoms with Gasteiger partial charge < -0.3 is 15.2 Å². The fourth-order valence-electron chi connectivity index (χ4n) is 3.09. The molecule has 160 valence electrons.